The molecular weight excluding hydrogens is 397 g/mol. The lowest BCUT2D eigenvalue weighted by Gasteiger charge is -2.13. The van der Waals surface area contributed by atoms with E-state index in [4.69, 9.17) is 5.73 Å². The fraction of sp³-hybridized carbons (Fsp3) is 0.286. The SMILES string of the molecule is CC(C)c1ccc(C(C(N)=O)c2cnn(Cc3ccc(OC(F)F)c(F)c3)n2)cc1. The first-order valence-electron chi connectivity index (χ1n) is 9.27. The normalized spacial score (nSPS) is 12.4. The fourth-order valence-electron chi connectivity index (χ4n) is 3.07. The number of nitrogens with zero attached hydrogens (tertiary/aromatic N) is 3. The molecule has 1 amide bonds. The van der Waals surface area contributed by atoms with E-state index in [1.165, 1.54) is 17.1 Å². The highest BCUT2D eigenvalue weighted by molar-refractivity contribution is 5.85. The van der Waals surface area contributed by atoms with Gasteiger partial charge in [0.2, 0.25) is 5.91 Å². The minimum Gasteiger partial charge on any atom is -0.432 e. The average Bonchev–Trinajstić information content (AvgIpc) is 3.12. The molecule has 158 valence electrons. The van der Waals surface area contributed by atoms with Gasteiger partial charge in [-0.3, -0.25) is 4.79 Å². The van der Waals surface area contributed by atoms with Crippen molar-refractivity contribution in [2.75, 3.05) is 0 Å². The van der Waals surface area contributed by atoms with Crippen molar-refractivity contribution in [1.82, 2.24) is 15.0 Å². The van der Waals surface area contributed by atoms with Crippen LogP contribution in [0.3, 0.4) is 0 Å². The zero-order valence-corrected chi connectivity index (χ0v) is 16.4. The highest BCUT2D eigenvalue weighted by atomic mass is 19.3. The third kappa shape index (κ3) is 4.97. The number of hydrogen-bond donors (Lipinski definition) is 1. The van der Waals surface area contributed by atoms with Crippen LogP contribution in [0.5, 0.6) is 5.75 Å². The van der Waals surface area contributed by atoms with Crippen LogP contribution in [0.15, 0.2) is 48.7 Å². The highest BCUT2D eigenvalue weighted by Crippen LogP contribution is 2.25. The molecule has 0 aliphatic carbocycles. The van der Waals surface area contributed by atoms with Crippen LogP contribution in [0.25, 0.3) is 0 Å². The third-order valence-electron chi connectivity index (χ3n) is 4.61. The van der Waals surface area contributed by atoms with Gasteiger partial charge in [0, 0.05) is 0 Å². The first-order valence-corrected chi connectivity index (χ1v) is 9.27. The van der Waals surface area contributed by atoms with Gasteiger partial charge < -0.3 is 10.5 Å². The number of ether oxygens (including phenoxy) is 1. The predicted molar refractivity (Wildman–Crippen MR) is 104 cm³/mol. The number of amides is 1. The van der Waals surface area contributed by atoms with E-state index in [2.05, 4.69) is 28.8 Å². The maximum Gasteiger partial charge on any atom is 0.387 e. The van der Waals surface area contributed by atoms with Crippen LogP contribution < -0.4 is 10.5 Å². The van der Waals surface area contributed by atoms with Crippen molar-refractivity contribution < 1.29 is 22.7 Å². The summed E-state index contributed by atoms with van der Waals surface area (Å²) in [5.41, 5.74) is 8.22. The molecule has 0 saturated carbocycles. The lowest BCUT2D eigenvalue weighted by Crippen LogP contribution is -2.23. The molecule has 30 heavy (non-hydrogen) atoms. The van der Waals surface area contributed by atoms with Gasteiger partial charge >= 0.3 is 6.61 Å². The predicted octanol–water partition coefficient (Wildman–Crippen LogP) is 3.81. The summed E-state index contributed by atoms with van der Waals surface area (Å²) in [6.45, 7) is 1.10. The Morgan fingerprint density at radius 3 is 2.37 bits per heavy atom. The van der Waals surface area contributed by atoms with Gasteiger partial charge in [-0.1, -0.05) is 44.2 Å². The molecule has 1 atom stereocenters. The van der Waals surface area contributed by atoms with Crippen LogP contribution in [-0.2, 0) is 11.3 Å². The van der Waals surface area contributed by atoms with E-state index >= 15 is 0 Å². The van der Waals surface area contributed by atoms with Crippen molar-refractivity contribution in [2.45, 2.75) is 38.8 Å². The molecule has 6 nitrogen and oxygen atoms in total. The van der Waals surface area contributed by atoms with E-state index in [1.807, 2.05) is 24.3 Å². The monoisotopic (exact) mass is 418 g/mol. The number of primary amides is 1. The molecule has 0 fully saturated rings. The van der Waals surface area contributed by atoms with E-state index in [0.29, 0.717) is 22.7 Å². The number of aromatic nitrogens is 3. The number of halogens is 3. The van der Waals surface area contributed by atoms with Crippen molar-refractivity contribution >= 4 is 5.91 Å². The largest absolute Gasteiger partial charge is 0.432 e. The average molecular weight is 418 g/mol. The van der Waals surface area contributed by atoms with Gasteiger partial charge in [-0.25, -0.2) is 4.39 Å². The van der Waals surface area contributed by atoms with Gasteiger partial charge in [-0.15, -0.1) is 0 Å². The Bertz CT molecular complexity index is 1020. The molecular formula is C21H21F3N4O2. The smallest absolute Gasteiger partial charge is 0.387 e. The van der Waals surface area contributed by atoms with Gasteiger partial charge in [-0.05, 0) is 34.7 Å². The van der Waals surface area contributed by atoms with Crippen molar-refractivity contribution in [3.8, 4) is 5.75 Å². The van der Waals surface area contributed by atoms with Gasteiger partial charge in [0.25, 0.3) is 0 Å². The van der Waals surface area contributed by atoms with Crippen LogP contribution >= 0.6 is 0 Å². The molecule has 2 aromatic carbocycles. The topological polar surface area (TPSA) is 83.0 Å². The summed E-state index contributed by atoms with van der Waals surface area (Å²) in [7, 11) is 0. The molecule has 0 aliphatic rings. The van der Waals surface area contributed by atoms with Gasteiger partial charge in [0.05, 0.1) is 18.4 Å². The summed E-state index contributed by atoms with van der Waals surface area (Å²) in [4.78, 5) is 13.4. The highest BCUT2D eigenvalue weighted by Gasteiger charge is 2.24. The standard InChI is InChI=1S/C21H21F3N4O2/c1-12(2)14-4-6-15(7-5-14)19(20(25)29)17-10-26-28(27-17)11-13-3-8-18(16(22)9-13)30-21(23)24/h3-10,12,19,21H,11H2,1-2H3,(H2,25,29). The number of carbonyl (C=O) groups excluding carboxylic acids is 1. The molecule has 1 unspecified atom stereocenters. The molecule has 1 heterocycles. The Morgan fingerprint density at radius 1 is 1.13 bits per heavy atom. The molecule has 9 heteroatoms. The van der Waals surface area contributed by atoms with Crippen LogP contribution in [-0.4, -0.2) is 27.5 Å². The molecule has 3 aromatic rings. The Balaban J connectivity index is 1.80. The molecule has 0 aliphatic heterocycles. The van der Waals surface area contributed by atoms with E-state index in [-0.39, 0.29) is 6.54 Å². The molecule has 1 aromatic heterocycles. The number of hydrogen-bond acceptors (Lipinski definition) is 4. The van der Waals surface area contributed by atoms with Crippen LogP contribution in [0.4, 0.5) is 13.2 Å². The zero-order valence-electron chi connectivity index (χ0n) is 16.4. The fourth-order valence-corrected chi connectivity index (χ4v) is 3.07. The minimum absolute atomic E-state index is 0.0731. The van der Waals surface area contributed by atoms with Crippen LogP contribution in [0.2, 0.25) is 0 Å². The van der Waals surface area contributed by atoms with Crippen molar-refractivity contribution in [2.24, 2.45) is 5.73 Å². The second kappa shape index (κ2) is 8.98. The van der Waals surface area contributed by atoms with Gasteiger partial charge in [0.15, 0.2) is 11.6 Å². The lowest BCUT2D eigenvalue weighted by atomic mass is 9.93. The minimum atomic E-state index is -3.11. The summed E-state index contributed by atoms with van der Waals surface area (Å²) < 4.78 is 42.5. The summed E-state index contributed by atoms with van der Waals surface area (Å²) >= 11 is 0. The Hall–Kier alpha value is -3.36. The summed E-state index contributed by atoms with van der Waals surface area (Å²) in [6.07, 6.45) is 1.43. The quantitative estimate of drug-likeness (QED) is 0.603. The second-order valence-corrected chi connectivity index (χ2v) is 7.10. The van der Waals surface area contributed by atoms with E-state index < -0.39 is 30.0 Å². The maximum atomic E-state index is 13.9. The number of rotatable bonds is 8. The third-order valence-corrected chi connectivity index (χ3v) is 4.61. The molecule has 0 saturated heterocycles. The molecule has 3 rings (SSSR count). The van der Waals surface area contributed by atoms with Crippen molar-refractivity contribution in [3.05, 3.63) is 76.9 Å². The van der Waals surface area contributed by atoms with Gasteiger partial charge in [0.1, 0.15) is 5.92 Å². The summed E-state index contributed by atoms with van der Waals surface area (Å²) in [5, 5.41) is 8.40. The van der Waals surface area contributed by atoms with Crippen molar-refractivity contribution in [3.63, 3.8) is 0 Å². The number of nitrogens with two attached hydrogens (primary N) is 1. The van der Waals surface area contributed by atoms with E-state index in [1.54, 1.807) is 0 Å². The van der Waals surface area contributed by atoms with Crippen LogP contribution in [0, 0.1) is 5.82 Å². The lowest BCUT2D eigenvalue weighted by molar-refractivity contribution is -0.118. The van der Waals surface area contributed by atoms with Gasteiger partial charge in [-0.2, -0.15) is 23.8 Å². The van der Waals surface area contributed by atoms with E-state index in [9.17, 15) is 18.0 Å². The first-order chi connectivity index (χ1) is 14.2. The van der Waals surface area contributed by atoms with E-state index in [0.717, 1.165) is 17.7 Å². The Morgan fingerprint density at radius 2 is 1.80 bits per heavy atom. The first kappa shape index (κ1) is 21.4. The molecule has 0 spiro atoms. The molecule has 2 N–H and O–H groups in total. The zero-order chi connectivity index (χ0) is 21.8. The Labute approximate surface area is 171 Å². The number of benzene rings is 2. The molecule has 0 bridgehead atoms. The summed E-state index contributed by atoms with van der Waals surface area (Å²) in [5.74, 6) is -2.45. The number of alkyl halides is 2. The molecule has 0 radical (unpaired) electrons. The maximum absolute atomic E-state index is 13.9. The summed E-state index contributed by atoms with van der Waals surface area (Å²) in [6, 6.07) is 11.2. The van der Waals surface area contributed by atoms with Crippen LogP contribution in [0.1, 0.15) is 48.1 Å². The van der Waals surface area contributed by atoms with Crippen molar-refractivity contribution in [1.29, 1.82) is 0 Å². The number of carbonyl (C=O) groups is 1. The second-order valence-electron chi connectivity index (χ2n) is 7.10. The Kier molecular flexibility index (Phi) is 6.39.